The summed E-state index contributed by atoms with van der Waals surface area (Å²) < 4.78 is 5.38. The molecule has 0 aromatic heterocycles. The van der Waals surface area contributed by atoms with Gasteiger partial charge in [0.2, 0.25) is 0 Å². The molecule has 0 spiro atoms. The lowest BCUT2D eigenvalue weighted by Crippen LogP contribution is -2.06. The van der Waals surface area contributed by atoms with Crippen molar-refractivity contribution < 1.29 is 4.74 Å². The van der Waals surface area contributed by atoms with Crippen LogP contribution < -0.4 is 0 Å². The fourth-order valence-electron chi connectivity index (χ4n) is 1.14. The Balaban J connectivity index is 2.24. The maximum absolute atomic E-state index is 8.28. The third-order valence-corrected chi connectivity index (χ3v) is 1.64. The lowest BCUT2D eigenvalue weighted by Gasteiger charge is -2.04. The number of rotatable bonds is 1. The molecule has 2 nitrogen and oxygen atoms in total. The largest absolute Gasteiger partial charge is 0.374 e. The molecular formula is C7H11NO. The molecule has 0 unspecified atom stereocenters. The summed E-state index contributed by atoms with van der Waals surface area (Å²) in [6, 6.07) is 2.11. The highest BCUT2D eigenvalue weighted by molar-refractivity contribution is 4.80. The molecule has 1 fully saturated rings. The summed E-state index contributed by atoms with van der Waals surface area (Å²) in [4.78, 5) is 0. The third-order valence-electron chi connectivity index (χ3n) is 1.64. The van der Waals surface area contributed by atoms with Gasteiger partial charge in [-0.15, -0.1) is 0 Å². The molecule has 0 aliphatic carbocycles. The molecule has 0 radical (unpaired) electrons. The van der Waals surface area contributed by atoms with Gasteiger partial charge in [0.1, 0.15) is 0 Å². The number of hydrogen-bond acceptors (Lipinski definition) is 2. The number of ether oxygens (including phenoxy) is 1. The molecule has 0 N–H and O–H groups in total. The van der Waals surface area contributed by atoms with E-state index in [4.69, 9.17) is 10.00 Å². The minimum atomic E-state index is 0.227. The summed E-state index contributed by atoms with van der Waals surface area (Å²) in [7, 11) is 0. The fourth-order valence-corrected chi connectivity index (χ4v) is 1.14. The van der Waals surface area contributed by atoms with Gasteiger partial charge in [0.15, 0.2) is 0 Å². The van der Waals surface area contributed by atoms with Crippen LogP contribution in [-0.2, 0) is 4.74 Å². The Morgan fingerprint density at radius 2 is 2.44 bits per heavy atom. The molecule has 9 heavy (non-hydrogen) atoms. The van der Waals surface area contributed by atoms with Gasteiger partial charge in [0.05, 0.1) is 24.7 Å². The second-order valence-corrected chi connectivity index (χ2v) is 2.51. The van der Waals surface area contributed by atoms with Crippen LogP contribution in [0, 0.1) is 11.3 Å². The summed E-state index contributed by atoms with van der Waals surface area (Å²) in [5, 5.41) is 8.28. The zero-order valence-electron chi connectivity index (χ0n) is 5.63. The highest BCUT2D eigenvalue weighted by Gasteiger charge is 2.20. The van der Waals surface area contributed by atoms with Crippen LogP contribution in [0.3, 0.4) is 0 Å². The zero-order valence-corrected chi connectivity index (χ0v) is 5.63. The van der Waals surface area contributed by atoms with Crippen LogP contribution in [0.2, 0.25) is 0 Å². The number of nitriles is 1. The Hall–Kier alpha value is -0.550. The average molecular weight is 125 g/mol. The average Bonchev–Trinajstić information content (AvgIpc) is 2.17. The Bertz CT molecular complexity index is 127. The normalized spacial score (nSPS) is 34.2. The molecule has 2 atom stereocenters. The van der Waals surface area contributed by atoms with Gasteiger partial charge in [-0.2, -0.15) is 5.26 Å². The van der Waals surface area contributed by atoms with Crippen LogP contribution in [0.15, 0.2) is 0 Å². The fraction of sp³-hybridized carbons (Fsp3) is 0.857. The van der Waals surface area contributed by atoms with Crippen molar-refractivity contribution in [1.29, 1.82) is 5.26 Å². The molecule has 1 heterocycles. The van der Waals surface area contributed by atoms with Crippen LogP contribution in [-0.4, -0.2) is 12.2 Å². The van der Waals surface area contributed by atoms with Crippen molar-refractivity contribution in [2.24, 2.45) is 0 Å². The molecule has 0 aromatic carbocycles. The second kappa shape index (κ2) is 2.84. The summed E-state index contributed by atoms with van der Waals surface area (Å²) >= 11 is 0. The molecule has 1 rings (SSSR count). The van der Waals surface area contributed by atoms with Crippen LogP contribution in [0.1, 0.15) is 26.2 Å². The summed E-state index contributed by atoms with van der Waals surface area (Å²) in [6.45, 7) is 2.05. The van der Waals surface area contributed by atoms with Crippen LogP contribution >= 0.6 is 0 Å². The Labute approximate surface area is 55.4 Å². The van der Waals surface area contributed by atoms with Crippen molar-refractivity contribution in [2.75, 3.05) is 0 Å². The minimum Gasteiger partial charge on any atom is -0.374 e. The summed E-state index contributed by atoms with van der Waals surface area (Å²) in [5.74, 6) is 0. The highest BCUT2D eigenvalue weighted by Crippen LogP contribution is 2.20. The van der Waals surface area contributed by atoms with Gasteiger partial charge in [-0.05, 0) is 19.8 Å². The van der Waals surface area contributed by atoms with E-state index >= 15 is 0 Å². The number of hydrogen-bond donors (Lipinski definition) is 0. The molecule has 1 aliphatic heterocycles. The molecule has 0 aromatic rings. The molecule has 1 saturated heterocycles. The minimum absolute atomic E-state index is 0.227. The van der Waals surface area contributed by atoms with E-state index < -0.39 is 0 Å². The van der Waals surface area contributed by atoms with Gasteiger partial charge in [-0.3, -0.25) is 0 Å². The van der Waals surface area contributed by atoms with Crippen LogP contribution in [0.25, 0.3) is 0 Å². The smallest absolute Gasteiger partial charge is 0.0709 e. The number of nitrogens with zero attached hydrogens (tertiary/aromatic N) is 1. The topological polar surface area (TPSA) is 33.0 Å². The van der Waals surface area contributed by atoms with Crippen molar-refractivity contribution in [3.05, 3.63) is 0 Å². The highest BCUT2D eigenvalue weighted by atomic mass is 16.5. The molecular weight excluding hydrogens is 114 g/mol. The van der Waals surface area contributed by atoms with Crippen LogP contribution in [0.4, 0.5) is 0 Å². The maximum Gasteiger partial charge on any atom is 0.0709 e. The SMILES string of the molecule is C[C@@H]1CC[C@@H](CC#N)O1. The van der Waals surface area contributed by atoms with E-state index in [9.17, 15) is 0 Å². The van der Waals surface area contributed by atoms with Crippen LogP contribution in [0.5, 0.6) is 0 Å². The van der Waals surface area contributed by atoms with E-state index in [1.807, 2.05) is 0 Å². The Morgan fingerprint density at radius 1 is 1.67 bits per heavy atom. The first-order chi connectivity index (χ1) is 4.33. The summed E-state index contributed by atoms with van der Waals surface area (Å²) in [6.07, 6.45) is 3.35. The zero-order chi connectivity index (χ0) is 6.69. The van der Waals surface area contributed by atoms with Crippen molar-refractivity contribution >= 4 is 0 Å². The summed E-state index contributed by atoms with van der Waals surface area (Å²) in [5.41, 5.74) is 0. The van der Waals surface area contributed by atoms with Gasteiger partial charge >= 0.3 is 0 Å². The van der Waals surface area contributed by atoms with E-state index in [1.165, 1.54) is 0 Å². The van der Waals surface area contributed by atoms with Crippen molar-refractivity contribution in [3.8, 4) is 6.07 Å². The van der Waals surface area contributed by atoms with Gasteiger partial charge in [-0.25, -0.2) is 0 Å². The van der Waals surface area contributed by atoms with Crippen molar-refractivity contribution in [2.45, 2.75) is 38.4 Å². The van der Waals surface area contributed by atoms with E-state index in [2.05, 4.69) is 13.0 Å². The molecule has 0 bridgehead atoms. The van der Waals surface area contributed by atoms with E-state index in [0.29, 0.717) is 12.5 Å². The van der Waals surface area contributed by atoms with Gasteiger partial charge in [-0.1, -0.05) is 0 Å². The van der Waals surface area contributed by atoms with E-state index in [0.717, 1.165) is 12.8 Å². The first kappa shape index (κ1) is 6.57. The molecule has 0 saturated carbocycles. The predicted octanol–water partition coefficient (Wildman–Crippen LogP) is 1.47. The third kappa shape index (κ3) is 1.69. The Morgan fingerprint density at radius 3 is 2.89 bits per heavy atom. The molecule has 1 aliphatic rings. The van der Waals surface area contributed by atoms with Crippen molar-refractivity contribution in [3.63, 3.8) is 0 Å². The van der Waals surface area contributed by atoms with Gasteiger partial charge in [0, 0.05) is 0 Å². The van der Waals surface area contributed by atoms with E-state index in [-0.39, 0.29) is 6.10 Å². The quantitative estimate of drug-likeness (QED) is 0.531. The Kier molecular flexibility index (Phi) is 2.07. The standard InChI is InChI=1S/C7H11NO/c1-6-2-3-7(9-6)4-5-8/h6-7H,2-4H2,1H3/t6-,7+/m1/s1. The predicted molar refractivity (Wildman–Crippen MR) is 33.8 cm³/mol. The molecule has 2 heteroatoms. The second-order valence-electron chi connectivity index (χ2n) is 2.51. The van der Waals surface area contributed by atoms with Crippen molar-refractivity contribution in [1.82, 2.24) is 0 Å². The van der Waals surface area contributed by atoms with E-state index in [1.54, 1.807) is 0 Å². The lowest BCUT2D eigenvalue weighted by molar-refractivity contribution is 0.0589. The maximum atomic E-state index is 8.28. The first-order valence-corrected chi connectivity index (χ1v) is 3.35. The first-order valence-electron chi connectivity index (χ1n) is 3.35. The molecule has 50 valence electrons. The van der Waals surface area contributed by atoms with Gasteiger partial charge in [0.25, 0.3) is 0 Å². The lowest BCUT2D eigenvalue weighted by atomic mass is 10.2. The molecule has 0 amide bonds. The van der Waals surface area contributed by atoms with Gasteiger partial charge < -0.3 is 4.74 Å². The monoisotopic (exact) mass is 125 g/mol.